The lowest BCUT2D eigenvalue weighted by Crippen LogP contribution is -2.13. The van der Waals surface area contributed by atoms with E-state index in [1.165, 1.54) is 0 Å². The Morgan fingerprint density at radius 1 is 1.25 bits per heavy atom. The van der Waals surface area contributed by atoms with Gasteiger partial charge in [-0.2, -0.15) is 5.26 Å². The Kier molecular flexibility index (Phi) is 6.51. The Morgan fingerprint density at radius 3 is 2.50 bits per heavy atom. The van der Waals surface area contributed by atoms with Gasteiger partial charge in [0.05, 0.1) is 12.0 Å². The van der Waals surface area contributed by atoms with Gasteiger partial charge < -0.3 is 5.32 Å². The minimum Gasteiger partial charge on any atom is -0.326 e. The van der Waals surface area contributed by atoms with Crippen LogP contribution in [0.5, 0.6) is 0 Å². The highest BCUT2D eigenvalue weighted by atomic mass is 35.5. The summed E-state index contributed by atoms with van der Waals surface area (Å²) < 4.78 is 0. The molecule has 0 unspecified atom stereocenters. The summed E-state index contributed by atoms with van der Waals surface area (Å²) in [7, 11) is 0. The van der Waals surface area contributed by atoms with E-state index in [2.05, 4.69) is 11.4 Å². The highest BCUT2D eigenvalue weighted by Gasteiger charge is 2.19. The Labute approximate surface area is 156 Å². The summed E-state index contributed by atoms with van der Waals surface area (Å²) in [6.07, 6.45) is 0.228. The highest BCUT2D eigenvalue weighted by molar-refractivity contribution is 6.32. The van der Waals surface area contributed by atoms with E-state index in [1.807, 2.05) is 13.0 Å². The summed E-state index contributed by atoms with van der Waals surface area (Å²) in [5, 5.41) is 13.4. The first kappa shape index (κ1) is 18.6. The number of aryl methyl sites for hydroxylation is 1. The number of nitrogens with zero attached hydrogens (tertiary/aromatic N) is 1. The fourth-order valence-corrected chi connectivity index (χ4v) is 2.91. The van der Waals surface area contributed by atoms with Gasteiger partial charge >= 0.3 is 0 Å². The molecule has 0 saturated carbocycles. The fraction of sp³-hybridized carbons (Fsp3) is 0.222. The third-order valence-electron chi connectivity index (χ3n) is 3.58. The second-order valence-electron chi connectivity index (χ2n) is 5.29. The molecule has 0 bridgehead atoms. The SMILES string of the molecule is Cc1cc([C@@H](C#N)c2ccc(Cl)cc2)c(Cl)cc1NC(=O)CCCl. The van der Waals surface area contributed by atoms with Crippen molar-refractivity contribution < 1.29 is 4.79 Å². The molecule has 0 saturated heterocycles. The van der Waals surface area contributed by atoms with Crippen molar-refractivity contribution in [2.75, 3.05) is 11.2 Å². The van der Waals surface area contributed by atoms with E-state index in [0.717, 1.165) is 11.1 Å². The van der Waals surface area contributed by atoms with E-state index in [4.69, 9.17) is 34.8 Å². The normalized spacial score (nSPS) is 11.6. The number of hydrogen-bond acceptors (Lipinski definition) is 2. The van der Waals surface area contributed by atoms with Crippen LogP contribution in [0.1, 0.15) is 29.0 Å². The number of nitrogens with one attached hydrogen (secondary N) is 1. The van der Waals surface area contributed by atoms with Crippen LogP contribution in [0, 0.1) is 18.3 Å². The van der Waals surface area contributed by atoms with Gasteiger partial charge in [-0.3, -0.25) is 4.79 Å². The first-order chi connectivity index (χ1) is 11.5. The van der Waals surface area contributed by atoms with Crippen LogP contribution >= 0.6 is 34.8 Å². The van der Waals surface area contributed by atoms with Gasteiger partial charge in [0.1, 0.15) is 0 Å². The van der Waals surface area contributed by atoms with Crippen molar-refractivity contribution in [1.29, 1.82) is 5.26 Å². The minimum absolute atomic E-state index is 0.175. The molecule has 0 spiro atoms. The molecule has 0 heterocycles. The smallest absolute Gasteiger partial charge is 0.225 e. The van der Waals surface area contributed by atoms with E-state index in [1.54, 1.807) is 30.3 Å². The number of nitriles is 1. The number of anilines is 1. The van der Waals surface area contributed by atoms with Crippen molar-refractivity contribution in [2.24, 2.45) is 0 Å². The summed E-state index contributed by atoms with van der Waals surface area (Å²) in [5.41, 5.74) is 2.94. The van der Waals surface area contributed by atoms with Crippen molar-refractivity contribution in [3.63, 3.8) is 0 Å². The van der Waals surface area contributed by atoms with Gasteiger partial charge in [-0.25, -0.2) is 0 Å². The monoisotopic (exact) mass is 380 g/mol. The molecule has 0 fully saturated rings. The highest BCUT2D eigenvalue weighted by Crippen LogP contribution is 2.34. The molecule has 2 rings (SSSR count). The van der Waals surface area contributed by atoms with Crippen molar-refractivity contribution in [1.82, 2.24) is 0 Å². The first-order valence-corrected chi connectivity index (χ1v) is 8.56. The van der Waals surface area contributed by atoms with Crippen LogP contribution in [0.4, 0.5) is 5.69 Å². The molecule has 1 N–H and O–H groups in total. The molecule has 6 heteroatoms. The molecule has 0 aliphatic rings. The van der Waals surface area contributed by atoms with Gasteiger partial charge in [0, 0.05) is 28.0 Å². The summed E-state index contributed by atoms with van der Waals surface area (Å²) >= 11 is 17.8. The van der Waals surface area contributed by atoms with Gasteiger partial charge in [-0.05, 0) is 41.8 Å². The number of hydrogen-bond donors (Lipinski definition) is 1. The number of halogens is 3. The Bertz CT molecular complexity index is 782. The lowest BCUT2D eigenvalue weighted by atomic mass is 9.91. The van der Waals surface area contributed by atoms with Crippen molar-refractivity contribution in [3.05, 3.63) is 63.1 Å². The van der Waals surface area contributed by atoms with Crippen LogP contribution in [0.25, 0.3) is 0 Å². The molecule has 0 radical (unpaired) electrons. The predicted octanol–water partition coefficient (Wildman–Crippen LogP) is 5.52. The van der Waals surface area contributed by atoms with Gasteiger partial charge in [0.2, 0.25) is 5.91 Å². The lowest BCUT2D eigenvalue weighted by Gasteiger charge is -2.16. The second kappa shape index (κ2) is 8.39. The first-order valence-electron chi connectivity index (χ1n) is 7.27. The Balaban J connectivity index is 2.36. The number of amides is 1. The molecule has 3 nitrogen and oxygen atoms in total. The van der Waals surface area contributed by atoms with Crippen molar-refractivity contribution in [3.8, 4) is 6.07 Å². The average molecular weight is 382 g/mol. The van der Waals surface area contributed by atoms with E-state index in [-0.39, 0.29) is 18.2 Å². The van der Waals surface area contributed by atoms with Gasteiger partial charge in [-0.15, -0.1) is 11.6 Å². The predicted molar refractivity (Wildman–Crippen MR) is 99.1 cm³/mol. The second-order valence-corrected chi connectivity index (χ2v) is 6.51. The van der Waals surface area contributed by atoms with Crippen molar-refractivity contribution in [2.45, 2.75) is 19.3 Å². The van der Waals surface area contributed by atoms with E-state index in [0.29, 0.717) is 21.3 Å². The van der Waals surface area contributed by atoms with Crippen LogP contribution in [0.2, 0.25) is 10.0 Å². The molecular weight excluding hydrogens is 367 g/mol. The number of benzene rings is 2. The summed E-state index contributed by atoms with van der Waals surface area (Å²) in [6.45, 7) is 1.85. The molecular formula is C18H15Cl3N2O. The van der Waals surface area contributed by atoms with Crippen LogP contribution in [-0.2, 0) is 4.79 Å². The number of carbonyl (C=O) groups excluding carboxylic acids is 1. The third kappa shape index (κ3) is 4.42. The molecule has 1 amide bonds. The summed E-state index contributed by atoms with van der Waals surface area (Å²) in [6, 6.07) is 12.8. The third-order valence-corrected chi connectivity index (χ3v) is 4.35. The zero-order valence-corrected chi connectivity index (χ0v) is 15.2. The number of alkyl halides is 1. The zero-order chi connectivity index (χ0) is 17.7. The molecule has 0 aromatic heterocycles. The molecule has 124 valence electrons. The largest absolute Gasteiger partial charge is 0.326 e. The van der Waals surface area contributed by atoms with E-state index in [9.17, 15) is 10.1 Å². The fourth-order valence-electron chi connectivity index (χ4n) is 2.34. The van der Waals surface area contributed by atoms with Gasteiger partial charge in [0.25, 0.3) is 0 Å². The molecule has 2 aromatic rings. The quantitative estimate of drug-likeness (QED) is 0.693. The van der Waals surface area contributed by atoms with Crippen LogP contribution in [-0.4, -0.2) is 11.8 Å². The van der Waals surface area contributed by atoms with Crippen LogP contribution in [0.3, 0.4) is 0 Å². The molecule has 1 atom stereocenters. The maximum absolute atomic E-state index is 11.7. The maximum atomic E-state index is 11.7. The van der Waals surface area contributed by atoms with E-state index < -0.39 is 5.92 Å². The lowest BCUT2D eigenvalue weighted by molar-refractivity contribution is -0.115. The topological polar surface area (TPSA) is 52.9 Å². The van der Waals surface area contributed by atoms with Gasteiger partial charge in [-0.1, -0.05) is 41.4 Å². The average Bonchev–Trinajstić information content (AvgIpc) is 2.54. The molecule has 24 heavy (non-hydrogen) atoms. The molecule has 0 aliphatic carbocycles. The van der Waals surface area contributed by atoms with Gasteiger partial charge in [0.15, 0.2) is 0 Å². The molecule has 2 aromatic carbocycles. The summed E-state index contributed by atoms with van der Waals surface area (Å²) in [5.74, 6) is -0.434. The van der Waals surface area contributed by atoms with Crippen LogP contribution < -0.4 is 5.32 Å². The minimum atomic E-state index is -0.513. The number of rotatable bonds is 5. The molecule has 0 aliphatic heterocycles. The van der Waals surface area contributed by atoms with Crippen molar-refractivity contribution >= 4 is 46.4 Å². The van der Waals surface area contributed by atoms with E-state index >= 15 is 0 Å². The number of carbonyl (C=O) groups is 1. The standard InChI is InChI=1S/C18H15Cl3N2O/c1-11-8-14(15(10-22)12-2-4-13(20)5-3-12)16(21)9-17(11)23-18(24)6-7-19/h2-5,8-9,15H,6-7H2,1H3,(H,23,24)/t15-/m0/s1. The van der Waals surface area contributed by atoms with Crippen LogP contribution in [0.15, 0.2) is 36.4 Å². The summed E-state index contributed by atoms with van der Waals surface area (Å²) in [4.78, 5) is 11.7. The zero-order valence-electron chi connectivity index (χ0n) is 12.9. The Morgan fingerprint density at radius 2 is 1.92 bits per heavy atom. The Hall–Kier alpha value is -1.73. The maximum Gasteiger partial charge on any atom is 0.225 e.